The Morgan fingerprint density at radius 3 is 2.60 bits per heavy atom. The summed E-state index contributed by atoms with van der Waals surface area (Å²) in [5.74, 6) is 2.05. The molecule has 0 saturated heterocycles. The molecule has 2 aromatic carbocycles. The second-order valence-corrected chi connectivity index (χ2v) is 4.56. The first kappa shape index (κ1) is 14.1. The van der Waals surface area contributed by atoms with Crippen LogP contribution in [0.1, 0.15) is 29.3 Å². The molecule has 0 N–H and O–H groups in total. The molecule has 0 fully saturated rings. The zero-order valence-corrected chi connectivity index (χ0v) is 12.0. The van der Waals surface area contributed by atoms with E-state index < -0.39 is 0 Å². The third kappa shape index (κ3) is 3.18. The number of hydrogen-bond acceptors (Lipinski definition) is 3. The summed E-state index contributed by atoms with van der Waals surface area (Å²) in [6.45, 7) is 3.84. The van der Waals surface area contributed by atoms with E-state index in [4.69, 9.17) is 9.47 Å². The Bertz CT molecular complexity index is 617. The van der Waals surface area contributed by atoms with Gasteiger partial charge in [0.1, 0.15) is 5.75 Å². The summed E-state index contributed by atoms with van der Waals surface area (Å²) < 4.78 is 11.1. The highest BCUT2D eigenvalue weighted by Gasteiger charge is 2.08. The molecule has 0 bridgehead atoms. The predicted molar refractivity (Wildman–Crippen MR) is 78.9 cm³/mol. The van der Waals surface area contributed by atoms with Crippen LogP contribution < -0.4 is 9.47 Å². The number of benzene rings is 2. The second-order valence-electron chi connectivity index (χ2n) is 4.56. The number of ketones is 1. The van der Waals surface area contributed by atoms with Crippen molar-refractivity contribution < 1.29 is 14.3 Å². The van der Waals surface area contributed by atoms with Crippen LogP contribution in [0, 0.1) is 6.92 Å². The highest BCUT2D eigenvalue weighted by molar-refractivity contribution is 5.96. The van der Waals surface area contributed by atoms with E-state index in [0.717, 1.165) is 5.56 Å². The van der Waals surface area contributed by atoms with Gasteiger partial charge in [0.2, 0.25) is 0 Å². The lowest BCUT2D eigenvalue weighted by atomic mass is 10.1. The van der Waals surface area contributed by atoms with Crippen molar-refractivity contribution in [3.8, 4) is 17.2 Å². The third-order valence-electron chi connectivity index (χ3n) is 3.02. The molecule has 0 radical (unpaired) electrons. The number of carbonyl (C=O) groups excluding carboxylic acids is 1. The second kappa shape index (κ2) is 6.24. The highest BCUT2D eigenvalue weighted by atomic mass is 16.5. The highest BCUT2D eigenvalue weighted by Crippen LogP contribution is 2.32. The van der Waals surface area contributed by atoms with E-state index in [2.05, 4.69) is 0 Å². The molecule has 0 heterocycles. The summed E-state index contributed by atoms with van der Waals surface area (Å²) in [5.41, 5.74) is 1.76. The normalized spacial score (nSPS) is 10.2. The summed E-state index contributed by atoms with van der Waals surface area (Å²) >= 11 is 0. The molecule has 0 atom stereocenters. The van der Waals surface area contributed by atoms with Crippen LogP contribution >= 0.6 is 0 Å². The lowest BCUT2D eigenvalue weighted by molar-refractivity contribution is 0.0988. The van der Waals surface area contributed by atoms with Gasteiger partial charge in [-0.25, -0.2) is 0 Å². The summed E-state index contributed by atoms with van der Waals surface area (Å²) in [6.07, 6.45) is 0.483. The Hall–Kier alpha value is -2.29. The van der Waals surface area contributed by atoms with Crippen molar-refractivity contribution in [1.29, 1.82) is 0 Å². The first-order chi connectivity index (χ1) is 9.63. The minimum Gasteiger partial charge on any atom is -0.493 e. The molecule has 3 heteroatoms. The van der Waals surface area contributed by atoms with Gasteiger partial charge in [-0.1, -0.05) is 25.1 Å². The van der Waals surface area contributed by atoms with Crippen LogP contribution in [0.4, 0.5) is 0 Å². The molecule has 2 rings (SSSR count). The lowest BCUT2D eigenvalue weighted by Crippen LogP contribution is -1.97. The van der Waals surface area contributed by atoms with Gasteiger partial charge in [-0.2, -0.15) is 0 Å². The zero-order chi connectivity index (χ0) is 14.5. The predicted octanol–water partition coefficient (Wildman–Crippen LogP) is 4.39. The van der Waals surface area contributed by atoms with Gasteiger partial charge in [0, 0.05) is 12.0 Å². The van der Waals surface area contributed by atoms with E-state index in [0.29, 0.717) is 29.2 Å². The van der Waals surface area contributed by atoms with E-state index in [1.54, 1.807) is 19.2 Å². The van der Waals surface area contributed by atoms with Gasteiger partial charge in [-0.3, -0.25) is 4.79 Å². The molecule has 104 valence electrons. The van der Waals surface area contributed by atoms with Gasteiger partial charge < -0.3 is 9.47 Å². The molecule has 0 aliphatic heterocycles. The Balaban J connectivity index is 2.28. The molecule has 0 aliphatic rings. The van der Waals surface area contributed by atoms with Gasteiger partial charge >= 0.3 is 0 Å². The Kier molecular flexibility index (Phi) is 4.41. The van der Waals surface area contributed by atoms with Crippen LogP contribution in [-0.2, 0) is 0 Å². The molecule has 20 heavy (non-hydrogen) atoms. The minimum atomic E-state index is 0.103. The third-order valence-corrected chi connectivity index (χ3v) is 3.02. The summed E-state index contributed by atoms with van der Waals surface area (Å²) in [5, 5.41) is 0. The van der Waals surface area contributed by atoms with Crippen molar-refractivity contribution in [1.82, 2.24) is 0 Å². The molecule has 0 amide bonds. The van der Waals surface area contributed by atoms with E-state index in [-0.39, 0.29) is 5.78 Å². The molecule has 3 nitrogen and oxygen atoms in total. The maximum Gasteiger partial charge on any atom is 0.169 e. The Morgan fingerprint density at radius 2 is 1.90 bits per heavy atom. The van der Waals surface area contributed by atoms with Crippen molar-refractivity contribution in [2.75, 3.05) is 7.11 Å². The van der Waals surface area contributed by atoms with Crippen molar-refractivity contribution in [2.45, 2.75) is 20.3 Å². The molecule has 0 aliphatic carbocycles. The van der Waals surface area contributed by atoms with Gasteiger partial charge in [0.05, 0.1) is 7.11 Å². The molecular weight excluding hydrogens is 252 g/mol. The molecule has 0 saturated carbocycles. The van der Waals surface area contributed by atoms with E-state index in [1.165, 1.54) is 0 Å². The van der Waals surface area contributed by atoms with Gasteiger partial charge in [0.25, 0.3) is 0 Å². The molecule has 0 aromatic heterocycles. The number of Topliss-reactive ketones (excluding diaryl/α,β-unsaturated/α-hetero) is 1. The van der Waals surface area contributed by atoms with Gasteiger partial charge in [0.15, 0.2) is 17.3 Å². The van der Waals surface area contributed by atoms with Crippen molar-refractivity contribution in [3.63, 3.8) is 0 Å². The quantitative estimate of drug-likeness (QED) is 0.756. The van der Waals surface area contributed by atoms with Crippen LogP contribution in [-0.4, -0.2) is 12.9 Å². The Labute approximate surface area is 119 Å². The zero-order valence-electron chi connectivity index (χ0n) is 12.0. The number of hydrogen-bond donors (Lipinski definition) is 0. The topological polar surface area (TPSA) is 35.5 Å². The standard InChI is InChI=1S/C17H18O3/c1-4-15(18)13-6-5-7-14(11-13)20-16-9-8-12(2)10-17(16)19-3/h5-11H,4H2,1-3H3. The lowest BCUT2D eigenvalue weighted by Gasteiger charge is -2.11. The average Bonchev–Trinajstić information content (AvgIpc) is 2.48. The van der Waals surface area contributed by atoms with Crippen LogP contribution in [0.5, 0.6) is 17.2 Å². The number of ether oxygens (including phenoxy) is 2. The van der Waals surface area contributed by atoms with Crippen LogP contribution in [0.2, 0.25) is 0 Å². The van der Waals surface area contributed by atoms with Crippen LogP contribution in [0.25, 0.3) is 0 Å². The molecule has 0 unspecified atom stereocenters. The SMILES string of the molecule is CCC(=O)c1cccc(Oc2ccc(C)cc2OC)c1. The van der Waals surface area contributed by atoms with Crippen molar-refractivity contribution in [3.05, 3.63) is 53.6 Å². The maximum atomic E-state index is 11.7. The number of rotatable bonds is 5. The Morgan fingerprint density at radius 1 is 1.10 bits per heavy atom. The average molecular weight is 270 g/mol. The van der Waals surface area contributed by atoms with E-state index >= 15 is 0 Å². The molecule has 2 aromatic rings. The van der Waals surface area contributed by atoms with Crippen molar-refractivity contribution >= 4 is 5.78 Å². The first-order valence-electron chi connectivity index (χ1n) is 6.59. The summed E-state index contributed by atoms with van der Waals surface area (Å²) in [6, 6.07) is 12.9. The number of methoxy groups -OCH3 is 1. The monoisotopic (exact) mass is 270 g/mol. The van der Waals surface area contributed by atoms with Crippen LogP contribution in [0.3, 0.4) is 0 Å². The summed E-state index contributed by atoms with van der Waals surface area (Å²) in [4.78, 5) is 11.7. The van der Waals surface area contributed by atoms with E-state index in [1.807, 2.05) is 44.2 Å². The molecular formula is C17H18O3. The fourth-order valence-corrected chi connectivity index (χ4v) is 1.92. The minimum absolute atomic E-state index is 0.103. The largest absolute Gasteiger partial charge is 0.493 e. The van der Waals surface area contributed by atoms with Gasteiger partial charge in [-0.15, -0.1) is 0 Å². The smallest absolute Gasteiger partial charge is 0.169 e. The number of aryl methyl sites for hydroxylation is 1. The first-order valence-corrected chi connectivity index (χ1v) is 6.59. The fraction of sp³-hybridized carbons (Fsp3) is 0.235. The fourth-order valence-electron chi connectivity index (χ4n) is 1.92. The maximum absolute atomic E-state index is 11.7. The number of carbonyl (C=O) groups is 1. The van der Waals surface area contributed by atoms with E-state index in [9.17, 15) is 4.79 Å². The van der Waals surface area contributed by atoms with Gasteiger partial charge in [-0.05, 0) is 36.8 Å². The molecule has 0 spiro atoms. The van der Waals surface area contributed by atoms with Crippen molar-refractivity contribution in [2.24, 2.45) is 0 Å². The van der Waals surface area contributed by atoms with Crippen LogP contribution in [0.15, 0.2) is 42.5 Å². The summed E-state index contributed by atoms with van der Waals surface area (Å²) in [7, 11) is 1.61.